The van der Waals surface area contributed by atoms with Gasteiger partial charge in [-0.05, 0) is 35.7 Å². The normalized spacial score (nSPS) is 15.5. The molecule has 1 aliphatic rings. The Kier molecular flexibility index (Phi) is 6.67. The first-order valence-corrected chi connectivity index (χ1v) is 10.6. The Labute approximate surface area is 179 Å². The molecule has 1 saturated heterocycles. The van der Waals surface area contributed by atoms with E-state index in [2.05, 4.69) is 65.7 Å². The summed E-state index contributed by atoms with van der Waals surface area (Å²) in [6, 6.07) is 25.6. The molecule has 30 heavy (non-hydrogen) atoms. The lowest BCUT2D eigenvalue weighted by Crippen LogP contribution is -2.45. The molecule has 0 spiro atoms. The zero-order valence-corrected chi connectivity index (χ0v) is 17.8. The number of nitrogens with zero attached hydrogens (tertiary/aromatic N) is 1. The average molecular weight is 403 g/mol. The van der Waals surface area contributed by atoms with Crippen LogP contribution in [0, 0.1) is 6.92 Å². The standard InChI is InChI=1S/C26H30N2O2/c1-20-7-6-10-22(17-20)26(28-15-13-27-14-16-28)23-11-12-24(25(18-23)29-2)30-19-21-8-4-3-5-9-21/h3-12,17-18,26-27H,13-16,19H2,1-2H3. The van der Waals surface area contributed by atoms with Crippen molar-refractivity contribution in [1.82, 2.24) is 10.2 Å². The van der Waals surface area contributed by atoms with E-state index >= 15 is 0 Å². The molecule has 156 valence electrons. The number of aryl methyl sites for hydroxylation is 1. The summed E-state index contributed by atoms with van der Waals surface area (Å²) < 4.78 is 11.8. The topological polar surface area (TPSA) is 33.7 Å². The Morgan fingerprint density at radius 1 is 0.867 bits per heavy atom. The predicted octanol–water partition coefficient (Wildman–Crippen LogP) is 4.58. The molecule has 3 aromatic rings. The molecule has 0 saturated carbocycles. The third kappa shape index (κ3) is 4.84. The molecule has 1 unspecified atom stereocenters. The Hall–Kier alpha value is -2.82. The molecular formula is C26H30N2O2. The summed E-state index contributed by atoms with van der Waals surface area (Å²) in [5.74, 6) is 1.55. The summed E-state index contributed by atoms with van der Waals surface area (Å²) >= 11 is 0. The van der Waals surface area contributed by atoms with Gasteiger partial charge in [-0.3, -0.25) is 4.90 Å². The molecule has 0 bridgehead atoms. The van der Waals surface area contributed by atoms with Gasteiger partial charge in [-0.15, -0.1) is 0 Å². The van der Waals surface area contributed by atoms with Crippen LogP contribution in [-0.2, 0) is 6.61 Å². The summed E-state index contributed by atoms with van der Waals surface area (Å²) in [5, 5.41) is 3.46. The lowest BCUT2D eigenvalue weighted by molar-refractivity contribution is 0.198. The summed E-state index contributed by atoms with van der Waals surface area (Å²) in [5.41, 5.74) is 4.97. The maximum absolute atomic E-state index is 6.07. The number of benzene rings is 3. The van der Waals surface area contributed by atoms with Crippen LogP contribution in [0.3, 0.4) is 0 Å². The van der Waals surface area contributed by atoms with Gasteiger partial charge in [-0.1, -0.05) is 66.2 Å². The van der Waals surface area contributed by atoms with E-state index in [1.807, 2.05) is 24.3 Å². The van der Waals surface area contributed by atoms with E-state index in [0.717, 1.165) is 43.2 Å². The van der Waals surface area contributed by atoms with Gasteiger partial charge in [-0.25, -0.2) is 0 Å². The van der Waals surface area contributed by atoms with Gasteiger partial charge in [0.1, 0.15) is 6.61 Å². The second-order valence-electron chi connectivity index (χ2n) is 7.79. The molecular weight excluding hydrogens is 372 g/mol. The molecule has 1 atom stereocenters. The fourth-order valence-corrected chi connectivity index (χ4v) is 4.10. The van der Waals surface area contributed by atoms with Gasteiger partial charge in [0.05, 0.1) is 13.2 Å². The van der Waals surface area contributed by atoms with Crippen molar-refractivity contribution in [3.8, 4) is 11.5 Å². The van der Waals surface area contributed by atoms with E-state index in [0.29, 0.717) is 6.61 Å². The average Bonchev–Trinajstić information content (AvgIpc) is 2.80. The maximum Gasteiger partial charge on any atom is 0.161 e. The van der Waals surface area contributed by atoms with Crippen LogP contribution < -0.4 is 14.8 Å². The van der Waals surface area contributed by atoms with Gasteiger partial charge in [-0.2, -0.15) is 0 Å². The van der Waals surface area contributed by atoms with Crippen LogP contribution in [0.2, 0.25) is 0 Å². The van der Waals surface area contributed by atoms with E-state index in [-0.39, 0.29) is 6.04 Å². The Morgan fingerprint density at radius 2 is 1.63 bits per heavy atom. The second kappa shape index (κ2) is 9.79. The lowest BCUT2D eigenvalue weighted by atomic mass is 9.95. The van der Waals surface area contributed by atoms with Crippen molar-refractivity contribution >= 4 is 0 Å². The van der Waals surface area contributed by atoms with E-state index in [9.17, 15) is 0 Å². The molecule has 1 aliphatic heterocycles. The Bertz CT molecular complexity index is 952. The minimum Gasteiger partial charge on any atom is -0.493 e. The highest BCUT2D eigenvalue weighted by Gasteiger charge is 2.25. The smallest absolute Gasteiger partial charge is 0.161 e. The summed E-state index contributed by atoms with van der Waals surface area (Å²) in [7, 11) is 1.71. The fourth-order valence-electron chi connectivity index (χ4n) is 4.10. The Morgan fingerprint density at radius 3 is 2.37 bits per heavy atom. The van der Waals surface area contributed by atoms with Crippen LogP contribution in [0.1, 0.15) is 28.3 Å². The Balaban J connectivity index is 1.63. The van der Waals surface area contributed by atoms with E-state index in [1.165, 1.54) is 16.7 Å². The number of rotatable bonds is 7. The van der Waals surface area contributed by atoms with E-state index in [1.54, 1.807) is 7.11 Å². The van der Waals surface area contributed by atoms with Crippen LogP contribution in [-0.4, -0.2) is 38.2 Å². The van der Waals surface area contributed by atoms with Crippen LogP contribution in [0.4, 0.5) is 0 Å². The predicted molar refractivity (Wildman–Crippen MR) is 121 cm³/mol. The third-order valence-corrected chi connectivity index (χ3v) is 5.62. The van der Waals surface area contributed by atoms with Gasteiger partial charge < -0.3 is 14.8 Å². The quantitative estimate of drug-likeness (QED) is 0.627. The zero-order chi connectivity index (χ0) is 20.8. The molecule has 0 radical (unpaired) electrons. The SMILES string of the molecule is COc1cc(C(c2cccc(C)c2)N2CCNCC2)ccc1OCc1ccccc1. The number of nitrogens with one attached hydrogen (secondary N) is 1. The highest BCUT2D eigenvalue weighted by atomic mass is 16.5. The largest absolute Gasteiger partial charge is 0.493 e. The molecule has 1 N–H and O–H groups in total. The van der Waals surface area contributed by atoms with Crippen LogP contribution >= 0.6 is 0 Å². The first-order chi connectivity index (χ1) is 14.7. The van der Waals surface area contributed by atoms with Gasteiger partial charge >= 0.3 is 0 Å². The van der Waals surface area contributed by atoms with Crippen molar-refractivity contribution in [2.24, 2.45) is 0 Å². The van der Waals surface area contributed by atoms with Crippen molar-refractivity contribution in [3.63, 3.8) is 0 Å². The number of ether oxygens (including phenoxy) is 2. The van der Waals surface area contributed by atoms with E-state index in [4.69, 9.17) is 9.47 Å². The minimum absolute atomic E-state index is 0.198. The summed E-state index contributed by atoms with van der Waals surface area (Å²) in [6.07, 6.45) is 0. The molecule has 4 rings (SSSR count). The third-order valence-electron chi connectivity index (χ3n) is 5.62. The molecule has 1 fully saturated rings. The first-order valence-electron chi connectivity index (χ1n) is 10.6. The van der Waals surface area contributed by atoms with E-state index < -0.39 is 0 Å². The molecule has 0 aliphatic carbocycles. The monoisotopic (exact) mass is 402 g/mol. The second-order valence-corrected chi connectivity index (χ2v) is 7.79. The number of piperazine rings is 1. The highest BCUT2D eigenvalue weighted by molar-refractivity contribution is 5.46. The van der Waals surface area contributed by atoms with Crippen molar-refractivity contribution in [2.75, 3.05) is 33.3 Å². The summed E-state index contributed by atoms with van der Waals surface area (Å²) in [4.78, 5) is 2.55. The highest BCUT2D eigenvalue weighted by Crippen LogP contribution is 2.36. The molecule has 3 aromatic carbocycles. The van der Waals surface area contributed by atoms with Crippen molar-refractivity contribution in [3.05, 3.63) is 95.1 Å². The van der Waals surface area contributed by atoms with Crippen molar-refractivity contribution in [2.45, 2.75) is 19.6 Å². The fraction of sp³-hybridized carbons (Fsp3) is 0.308. The van der Waals surface area contributed by atoms with Gasteiger partial charge in [0, 0.05) is 26.2 Å². The zero-order valence-electron chi connectivity index (χ0n) is 17.8. The molecule has 1 heterocycles. The van der Waals surface area contributed by atoms with Crippen LogP contribution in [0.5, 0.6) is 11.5 Å². The van der Waals surface area contributed by atoms with Crippen LogP contribution in [0.15, 0.2) is 72.8 Å². The number of methoxy groups -OCH3 is 1. The van der Waals surface area contributed by atoms with Crippen molar-refractivity contribution < 1.29 is 9.47 Å². The van der Waals surface area contributed by atoms with Gasteiger partial charge in [0.25, 0.3) is 0 Å². The minimum atomic E-state index is 0.198. The summed E-state index contributed by atoms with van der Waals surface area (Å²) in [6.45, 7) is 6.74. The van der Waals surface area contributed by atoms with Gasteiger partial charge in [0.15, 0.2) is 11.5 Å². The van der Waals surface area contributed by atoms with Crippen LogP contribution in [0.25, 0.3) is 0 Å². The molecule has 0 amide bonds. The number of hydrogen-bond acceptors (Lipinski definition) is 4. The number of hydrogen-bond donors (Lipinski definition) is 1. The van der Waals surface area contributed by atoms with Crippen molar-refractivity contribution in [1.29, 1.82) is 0 Å². The first kappa shape index (κ1) is 20.5. The lowest BCUT2D eigenvalue weighted by Gasteiger charge is -2.36. The molecule has 4 nitrogen and oxygen atoms in total. The van der Waals surface area contributed by atoms with Gasteiger partial charge in [0.2, 0.25) is 0 Å². The molecule has 4 heteroatoms. The molecule has 0 aromatic heterocycles. The maximum atomic E-state index is 6.07.